The molecule has 1 heterocycles. The number of hydrogen-bond acceptors (Lipinski definition) is 2. The van der Waals surface area contributed by atoms with Gasteiger partial charge in [-0.1, -0.05) is 18.5 Å². The summed E-state index contributed by atoms with van der Waals surface area (Å²) in [7, 11) is 0. The van der Waals surface area contributed by atoms with Crippen LogP contribution in [0.15, 0.2) is 18.2 Å². The monoisotopic (exact) mass is 267 g/mol. The number of rotatable bonds is 1. The molecule has 1 aromatic rings. The second-order valence-electron chi connectivity index (χ2n) is 4.84. The Balaban J connectivity index is 1.96. The number of amides is 2. The lowest BCUT2D eigenvalue weighted by molar-refractivity contribution is 0.186. The summed E-state index contributed by atoms with van der Waals surface area (Å²) in [5, 5.41) is 3.30. The molecule has 1 aliphatic rings. The minimum Gasteiger partial charge on any atom is -0.398 e. The summed E-state index contributed by atoms with van der Waals surface area (Å²) in [5.74, 6) is 0.708. The zero-order valence-corrected chi connectivity index (χ0v) is 11.2. The van der Waals surface area contributed by atoms with Gasteiger partial charge in [0.25, 0.3) is 0 Å². The Morgan fingerprint density at radius 1 is 1.44 bits per heavy atom. The Morgan fingerprint density at radius 2 is 2.11 bits per heavy atom. The zero-order valence-electron chi connectivity index (χ0n) is 10.4. The zero-order chi connectivity index (χ0) is 13.1. The average Bonchev–Trinajstić information content (AvgIpc) is 2.34. The summed E-state index contributed by atoms with van der Waals surface area (Å²) in [6.45, 7) is 3.85. The number of likely N-dealkylation sites (tertiary alicyclic amines) is 1. The first-order valence-electron chi connectivity index (χ1n) is 6.17. The minimum absolute atomic E-state index is 0.0669. The summed E-state index contributed by atoms with van der Waals surface area (Å²) in [4.78, 5) is 13.8. The molecule has 0 saturated carbocycles. The fourth-order valence-corrected chi connectivity index (χ4v) is 2.20. The molecule has 0 aliphatic carbocycles. The minimum atomic E-state index is -0.0669. The smallest absolute Gasteiger partial charge is 0.321 e. The van der Waals surface area contributed by atoms with Crippen molar-refractivity contribution in [3.8, 4) is 0 Å². The second kappa shape index (κ2) is 5.48. The lowest BCUT2D eigenvalue weighted by atomic mass is 10.00. The number of nitrogen functional groups attached to an aromatic ring is 1. The SMILES string of the molecule is CC1CCN(C(=O)Nc2ccc(N)c(Cl)c2)CC1. The topological polar surface area (TPSA) is 58.4 Å². The average molecular weight is 268 g/mol. The summed E-state index contributed by atoms with van der Waals surface area (Å²) in [6, 6.07) is 5.05. The molecule has 0 radical (unpaired) electrons. The lowest BCUT2D eigenvalue weighted by Crippen LogP contribution is -2.40. The molecule has 0 aromatic heterocycles. The van der Waals surface area contributed by atoms with E-state index >= 15 is 0 Å². The van der Waals surface area contributed by atoms with Crippen LogP contribution in [0.25, 0.3) is 0 Å². The van der Waals surface area contributed by atoms with E-state index in [0.29, 0.717) is 22.3 Å². The van der Waals surface area contributed by atoms with Gasteiger partial charge in [-0.15, -0.1) is 0 Å². The maximum absolute atomic E-state index is 12.0. The third-order valence-electron chi connectivity index (χ3n) is 3.32. The van der Waals surface area contributed by atoms with Crippen LogP contribution in [-0.4, -0.2) is 24.0 Å². The highest BCUT2D eigenvalue weighted by atomic mass is 35.5. The molecule has 98 valence electrons. The number of piperidine rings is 1. The van der Waals surface area contributed by atoms with Crippen molar-refractivity contribution >= 4 is 29.0 Å². The van der Waals surface area contributed by atoms with Crippen LogP contribution in [-0.2, 0) is 0 Å². The number of urea groups is 1. The van der Waals surface area contributed by atoms with Crippen LogP contribution in [0.3, 0.4) is 0 Å². The molecule has 1 aromatic carbocycles. The number of nitrogens with zero attached hydrogens (tertiary/aromatic N) is 1. The molecule has 1 aliphatic heterocycles. The van der Waals surface area contributed by atoms with Crippen LogP contribution in [0.2, 0.25) is 5.02 Å². The normalized spacial score (nSPS) is 16.7. The van der Waals surface area contributed by atoms with E-state index in [0.717, 1.165) is 25.9 Å². The third kappa shape index (κ3) is 3.07. The summed E-state index contributed by atoms with van der Waals surface area (Å²) in [6.07, 6.45) is 2.13. The van der Waals surface area contributed by atoms with Crippen molar-refractivity contribution in [2.75, 3.05) is 24.1 Å². The molecular weight excluding hydrogens is 250 g/mol. The fraction of sp³-hybridized carbons (Fsp3) is 0.462. The fourth-order valence-electron chi connectivity index (χ4n) is 2.02. The molecule has 2 rings (SSSR count). The quantitative estimate of drug-likeness (QED) is 0.768. The van der Waals surface area contributed by atoms with Crippen molar-refractivity contribution in [1.82, 2.24) is 4.90 Å². The van der Waals surface area contributed by atoms with Crippen molar-refractivity contribution in [3.63, 3.8) is 0 Å². The number of anilines is 2. The van der Waals surface area contributed by atoms with Gasteiger partial charge in [0, 0.05) is 18.8 Å². The van der Waals surface area contributed by atoms with Crippen LogP contribution < -0.4 is 11.1 Å². The van der Waals surface area contributed by atoms with Crippen LogP contribution in [0, 0.1) is 5.92 Å². The highest BCUT2D eigenvalue weighted by Crippen LogP contribution is 2.23. The maximum Gasteiger partial charge on any atom is 0.321 e. The number of carbonyl (C=O) groups is 1. The van der Waals surface area contributed by atoms with Gasteiger partial charge < -0.3 is 16.0 Å². The molecule has 0 bridgehead atoms. The predicted molar refractivity (Wildman–Crippen MR) is 74.9 cm³/mol. The Hall–Kier alpha value is -1.42. The molecular formula is C13H18ClN3O. The summed E-state index contributed by atoms with van der Waals surface area (Å²) >= 11 is 5.91. The largest absolute Gasteiger partial charge is 0.398 e. The van der Waals surface area contributed by atoms with E-state index in [9.17, 15) is 4.79 Å². The standard InChI is InChI=1S/C13H18ClN3O/c1-9-4-6-17(7-5-9)13(18)16-10-2-3-12(15)11(14)8-10/h2-3,8-9H,4-7,15H2,1H3,(H,16,18). The maximum atomic E-state index is 12.0. The number of halogens is 1. The number of nitrogens with two attached hydrogens (primary N) is 1. The van der Waals surface area contributed by atoms with Gasteiger partial charge >= 0.3 is 6.03 Å². The van der Waals surface area contributed by atoms with Crippen molar-refractivity contribution in [2.45, 2.75) is 19.8 Å². The van der Waals surface area contributed by atoms with Gasteiger partial charge in [0.05, 0.1) is 10.7 Å². The van der Waals surface area contributed by atoms with E-state index in [1.165, 1.54) is 0 Å². The molecule has 4 nitrogen and oxygen atoms in total. The molecule has 5 heteroatoms. The third-order valence-corrected chi connectivity index (χ3v) is 3.65. The Kier molecular flexibility index (Phi) is 3.97. The number of hydrogen-bond donors (Lipinski definition) is 2. The molecule has 0 atom stereocenters. The first-order valence-corrected chi connectivity index (χ1v) is 6.55. The number of nitrogens with one attached hydrogen (secondary N) is 1. The predicted octanol–water partition coefficient (Wildman–Crippen LogP) is 3.19. The Bertz CT molecular complexity index is 442. The van der Waals surface area contributed by atoms with Crippen molar-refractivity contribution in [2.24, 2.45) is 5.92 Å². The molecule has 1 fully saturated rings. The van der Waals surface area contributed by atoms with Gasteiger partial charge in [-0.2, -0.15) is 0 Å². The van der Waals surface area contributed by atoms with E-state index in [-0.39, 0.29) is 6.03 Å². The van der Waals surface area contributed by atoms with E-state index < -0.39 is 0 Å². The summed E-state index contributed by atoms with van der Waals surface area (Å²) < 4.78 is 0. The van der Waals surface area contributed by atoms with Crippen molar-refractivity contribution in [3.05, 3.63) is 23.2 Å². The molecule has 2 amide bonds. The van der Waals surface area contributed by atoms with Gasteiger partial charge in [-0.25, -0.2) is 4.79 Å². The van der Waals surface area contributed by atoms with Crippen LogP contribution in [0.1, 0.15) is 19.8 Å². The molecule has 0 spiro atoms. The van der Waals surface area contributed by atoms with Gasteiger partial charge in [0.1, 0.15) is 0 Å². The Morgan fingerprint density at radius 3 is 2.72 bits per heavy atom. The highest BCUT2D eigenvalue weighted by molar-refractivity contribution is 6.33. The van der Waals surface area contributed by atoms with Crippen LogP contribution in [0.5, 0.6) is 0 Å². The van der Waals surface area contributed by atoms with Crippen molar-refractivity contribution < 1.29 is 4.79 Å². The highest BCUT2D eigenvalue weighted by Gasteiger charge is 2.20. The first kappa shape index (κ1) is 13.0. The number of carbonyl (C=O) groups excluding carboxylic acids is 1. The molecule has 18 heavy (non-hydrogen) atoms. The summed E-state index contributed by atoms with van der Waals surface area (Å²) in [5.41, 5.74) is 6.82. The van der Waals surface area contributed by atoms with Crippen LogP contribution >= 0.6 is 11.6 Å². The molecule has 0 unspecified atom stereocenters. The second-order valence-corrected chi connectivity index (χ2v) is 5.24. The van der Waals surface area contributed by atoms with E-state index in [1.54, 1.807) is 18.2 Å². The van der Waals surface area contributed by atoms with Gasteiger partial charge in [-0.3, -0.25) is 0 Å². The molecule has 1 saturated heterocycles. The van der Waals surface area contributed by atoms with Gasteiger partial charge in [-0.05, 0) is 37.0 Å². The van der Waals surface area contributed by atoms with E-state index in [4.69, 9.17) is 17.3 Å². The lowest BCUT2D eigenvalue weighted by Gasteiger charge is -2.30. The number of benzene rings is 1. The van der Waals surface area contributed by atoms with Crippen molar-refractivity contribution in [1.29, 1.82) is 0 Å². The molecule has 3 N–H and O–H groups in total. The van der Waals surface area contributed by atoms with Crippen LogP contribution in [0.4, 0.5) is 16.2 Å². The van der Waals surface area contributed by atoms with Gasteiger partial charge in [0.2, 0.25) is 0 Å². The van der Waals surface area contributed by atoms with E-state index in [2.05, 4.69) is 12.2 Å². The Labute approximate surface area is 112 Å². The first-order chi connectivity index (χ1) is 8.56. The van der Waals surface area contributed by atoms with E-state index in [1.807, 2.05) is 4.90 Å². The van der Waals surface area contributed by atoms with Gasteiger partial charge in [0.15, 0.2) is 0 Å².